The predicted octanol–water partition coefficient (Wildman–Crippen LogP) is 8.06. The lowest BCUT2D eigenvalue weighted by molar-refractivity contribution is -0.132. The first-order chi connectivity index (χ1) is 13.1. The van der Waals surface area contributed by atoms with Gasteiger partial charge in [0.2, 0.25) is 0 Å². The quantitative estimate of drug-likeness (QED) is 0.140. The van der Waals surface area contributed by atoms with Gasteiger partial charge < -0.3 is 9.84 Å². The second kappa shape index (κ2) is 24.8. The average molecular weight is 383 g/mol. The lowest BCUT2D eigenvalue weighted by atomic mass is 10.0. The van der Waals surface area contributed by atoms with Crippen LogP contribution in [0.3, 0.4) is 0 Å². The molecule has 0 bridgehead atoms. The Hall–Kier alpha value is -1.25. The van der Waals surface area contributed by atoms with E-state index in [1.807, 2.05) is 0 Å². The number of carboxylic acid groups (broad SMARTS) is 1. The molecule has 0 aromatic heterocycles. The third kappa shape index (κ3) is 29.8. The molecule has 0 fully saturated rings. The van der Waals surface area contributed by atoms with Gasteiger partial charge in [-0.15, -0.1) is 0 Å². The number of carbonyl (C=O) groups is 1. The molecule has 0 amide bonds. The maximum atomic E-state index is 9.60. The predicted molar refractivity (Wildman–Crippen MR) is 118 cm³/mol. The van der Waals surface area contributed by atoms with Gasteiger partial charge in [0.25, 0.3) is 0 Å². The van der Waals surface area contributed by atoms with Crippen molar-refractivity contribution >= 4 is 5.97 Å². The molecule has 1 N–H and O–H groups in total. The van der Waals surface area contributed by atoms with Crippen molar-refractivity contribution in [2.24, 2.45) is 0 Å². The van der Waals surface area contributed by atoms with E-state index < -0.39 is 5.97 Å². The van der Waals surface area contributed by atoms with Crippen LogP contribution in [0.1, 0.15) is 117 Å². The Bertz CT molecular complexity index is 325. The summed E-state index contributed by atoms with van der Waals surface area (Å²) in [6.07, 6.45) is 24.2. The third-order valence-corrected chi connectivity index (χ3v) is 4.60. The second-order valence-electron chi connectivity index (χ2n) is 7.43. The Kier molecular flexibility index (Phi) is 25.6. The van der Waals surface area contributed by atoms with Crippen molar-refractivity contribution in [3.63, 3.8) is 0 Å². The highest BCUT2D eigenvalue weighted by atomic mass is 16.5. The SMILES string of the molecule is C=C(C)C(=O)O.C=COCCCCCCCCCCCCCCCCCC. The van der Waals surface area contributed by atoms with Crippen LogP contribution >= 0.6 is 0 Å². The molecule has 0 saturated heterocycles. The molecule has 0 aromatic rings. The Morgan fingerprint density at radius 3 is 1.33 bits per heavy atom. The first-order valence-corrected chi connectivity index (χ1v) is 11.2. The molecule has 0 spiro atoms. The fourth-order valence-corrected chi connectivity index (χ4v) is 2.82. The highest BCUT2D eigenvalue weighted by Gasteiger charge is 1.94. The zero-order valence-electron chi connectivity index (χ0n) is 18.3. The van der Waals surface area contributed by atoms with Crippen molar-refractivity contribution in [1.82, 2.24) is 0 Å². The summed E-state index contributed by atoms with van der Waals surface area (Å²) in [5.74, 6) is -0.935. The number of hydrogen-bond acceptors (Lipinski definition) is 2. The minimum absolute atomic E-state index is 0.176. The fraction of sp³-hybridized carbons (Fsp3) is 0.792. The zero-order chi connectivity index (χ0) is 20.6. The highest BCUT2D eigenvalue weighted by Crippen LogP contribution is 2.13. The van der Waals surface area contributed by atoms with Gasteiger partial charge in [-0.2, -0.15) is 0 Å². The van der Waals surface area contributed by atoms with Gasteiger partial charge in [0, 0.05) is 5.57 Å². The first-order valence-electron chi connectivity index (χ1n) is 11.2. The summed E-state index contributed by atoms with van der Waals surface area (Å²) >= 11 is 0. The van der Waals surface area contributed by atoms with Crippen molar-refractivity contribution in [3.8, 4) is 0 Å². The van der Waals surface area contributed by atoms with Crippen molar-refractivity contribution in [3.05, 3.63) is 25.0 Å². The lowest BCUT2D eigenvalue weighted by Gasteiger charge is -2.03. The molecule has 0 aliphatic rings. The van der Waals surface area contributed by atoms with E-state index in [1.165, 1.54) is 110 Å². The summed E-state index contributed by atoms with van der Waals surface area (Å²) in [4.78, 5) is 9.60. The molecule has 0 heterocycles. The van der Waals surface area contributed by atoms with E-state index in [0.29, 0.717) is 0 Å². The smallest absolute Gasteiger partial charge is 0.330 e. The summed E-state index contributed by atoms with van der Waals surface area (Å²) in [7, 11) is 0. The van der Waals surface area contributed by atoms with E-state index in [9.17, 15) is 4.79 Å². The maximum Gasteiger partial charge on any atom is 0.330 e. The number of rotatable bonds is 19. The van der Waals surface area contributed by atoms with Crippen LogP contribution in [-0.2, 0) is 9.53 Å². The molecule has 3 nitrogen and oxygen atoms in total. The standard InChI is InChI=1S/C20H40O.C4H6O2/c1-3-5-6-7-8-9-10-11-12-13-14-15-16-17-18-19-20-21-4-2;1-3(2)4(5)6/h4H,2-3,5-20H2,1H3;1H2,2H3,(H,5,6). The summed E-state index contributed by atoms with van der Waals surface area (Å²) in [5, 5.41) is 7.89. The highest BCUT2D eigenvalue weighted by molar-refractivity contribution is 5.84. The van der Waals surface area contributed by atoms with E-state index in [4.69, 9.17) is 9.84 Å². The number of carboxylic acids is 1. The molecule has 0 rings (SSSR count). The van der Waals surface area contributed by atoms with Crippen LogP contribution in [0.5, 0.6) is 0 Å². The first kappa shape index (κ1) is 28.0. The molecular weight excluding hydrogens is 336 g/mol. The normalized spacial score (nSPS) is 10.0. The van der Waals surface area contributed by atoms with Gasteiger partial charge in [0.1, 0.15) is 0 Å². The molecule has 0 aliphatic heterocycles. The molecule has 0 aromatic carbocycles. The minimum Gasteiger partial charge on any atom is -0.502 e. The summed E-state index contributed by atoms with van der Waals surface area (Å²) in [6.45, 7) is 11.3. The summed E-state index contributed by atoms with van der Waals surface area (Å²) in [6, 6.07) is 0. The molecule has 0 unspecified atom stereocenters. The van der Waals surface area contributed by atoms with Gasteiger partial charge in [-0.3, -0.25) is 0 Å². The van der Waals surface area contributed by atoms with E-state index in [0.717, 1.165) is 6.61 Å². The van der Waals surface area contributed by atoms with E-state index in [1.54, 1.807) is 6.26 Å². The van der Waals surface area contributed by atoms with Crippen LogP contribution in [-0.4, -0.2) is 17.7 Å². The number of unbranched alkanes of at least 4 members (excludes halogenated alkanes) is 15. The largest absolute Gasteiger partial charge is 0.502 e. The fourth-order valence-electron chi connectivity index (χ4n) is 2.82. The molecular formula is C24H46O3. The molecule has 0 aliphatic carbocycles. The van der Waals surface area contributed by atoms with Crippen LogP contribution in [0.25, 0.3) is 0 Å². The van der Waals surface area contributed by atoms with Crippen molar-refractivity contribution in [2.45, 2.75) is 117 Å². The van der Waals surface area contributed by atoms with Gasteiger partial charge in [-0.1, -0.05) is 116 Å². The molecule has 0 saturated carbocycles. The third-order valence-electron chi connectivity index (χ3n) is 4.60. The maximum absolute atomic E-state index is 9.60. The van der Waals surface area contributed by atoms with E-state index in [2.05, 4.69) is 20.1 Å². The summed E-state index contributed by atoms with van der Waals surface area (Å²) in [5.41, 5.74) is 0.176. The van der Waals surface area contributed by atoms with Gasteiger partial charge in [0.15, 0.2) is 0 Å². The van der Waals surface area contributed by atoms with Gasteiger partial charge in [0.05, 0.1) is 12.9 Å². The van der Waals surface area contributed by atoms with Crippen LogP contribution in [0.4, 0.5) is 0 Å². The van der Waals surface area contributed by atoms with Gasteiger partial charge in [-0.05, 0) is 13.3 Å². The average Bonchev–Trinajstić information content (AvgIpc) is 2.64. The topological polar surface area (TPSA) is 46.5 Å². The van der Waals surface area contributed by atoms with Gasteiger partial charge >= 0.3 is 5.97 Å². The van der Waals surface area contributed by atoms with Crippen LogP contribution in [0, 0.1) is 0 Å². The monoisotopic (exact) mass is 382 g/mol. The van der Waals surface area contributed by atoms with Crippen molar-refractivity contribution in [2.75, 3.05) is 6.61 Å². The van der Waals surface area contributed by atoms with E-state index >= 15 is 0 Å². The molecule has 0 atom stereocenters. The Morgan fingerprint density at radius 2 is 1.07 bits per heavy atom. The number of aliphatic carboxylic acids is 1. The minimum atomic E-state index is -0.935. The number of hydrogen-bond donors (Lipinski definition) is 1. The van der Waals surface area contributed by atoms with Gasteiger partial charge in [-0.25, -0.2) is 4.79 Å². The Balaban J connectivity index is 0. The van der Waals surface area contributed by atoms with Crippen LogP contribution < -0.4 is 0 Å². The zero-order valence-corrected chi connectivity index (χ0v) is 18.3. The number of ether oxygens (including phenoxy) is 1. The lowest BCUT2D eigenvalue weighted by Crippen LogP contribution is -1.92. The van der Waals surface area contributed by atoms with Crippen LogP contribution in [0.2, 0.25) is 0 Å². The van der Waals surface area contributed by atoms with E-state index in [-0.39, 0.29) is 5.57 Å². The Labute approximate surface area is 169 Å². The van der Waals surface area contributed by atoms with Crippen molar-refractivity contribution < 1.29 is 14.6 Å². The second-order valence-corrected chi connectivity index (χ2v) is 7.43. The summed E-state index contributed by atoms with van der Waals surface area (Å²) < 4.78 is 5.12. The van der Waals surface area contributed by atoms with Crippen molar-refractivity contribution in [1.29, 1.82) is 0 Å². The molecule has 3 heteroatoms. The molecule has 27 heavy (non-hydrogen) atoms. The van der Waals surface area contributed by atoms with Crippen LogP contribution in [0.15, 0.2) is 25.0 Å². The molecule has 160 valence electrons. The molecule has 0 radical (unpaired) electrons. The Morgan fingerprint density at radius 1 is 0.778 bits per heavy atom.